The molecule has 0 aromatic heterocycles. The van der Waals surface area contributed by atoms with E-state index in [-0.39, 0.29) is 6.10 Å². The molecule has 14 heavy (non-hydrogen) atoms. The van der Waals surface area contributed by atoms with E-state index in [1.54, 1.807) is 0 Å². The van der Waals surface area contributed by atoms with Gasteiger partial charge in [-0.05, 0) is 31.6 Å². The fourth-order valence-electron chi connectivity index (χ4n) is 2.01. The molecule has 2 heteroatoms. The van der Waals surface area contributed by atoms with Crippen molar-refractivity contribution in [2.45, 2.75) is 64.6 Å². The highest BCUT2D eigenvalue weighted by atomic mass is 16.5. The van der Waals surface area contributed by atoms with Gasteiger partial charge >= 0.3 is 0 Å². The Hall–Kier alpha value is -0.0800. The molecule has 0 spiro atoms. The van der Waals surface area contributed by atoms with Gasteiger partial charge in [0.25, 0.3) is 0 Å². The molecule has 1 saturated heterocycles. The summed E-state index contributed by atoms with van der Waals surface area (Å²) in [6, 6.07) is 0. The minimum Gasteiger partial charge on any atom is -0.393 e. The van der Waals surface area contributed by atoms with Crippen LogP contribution in [-0.2, 0) is 4.74 Å². The molecule has 1 aliphatic rings. The van der Waals surface area contributed by atoms with Gasteiger partial charge in [-0.3, -0.25) is 0 Å². The molecule has 0 saturated carbocycles. The van der Waals surface area contributed by atoms with Crippen LogP contribution in [0.1, 0.15) is 52.4 Å². The van der Waals surface area contributed by atoms with Crippen LogP contribution in [0.25, 0.3) is 0 Å². The summed E-state index contributed by atoms with van der Waals surface area (Å²) >= 11 is 0. The lowest BCUT2D eigenvalue weighted by Crippen LogP contribution is -2.17. The fraction of sp³-hybridized carbons (Fsp3) is 1.00. The van der Waals surface area contributed by atoms with Gasteiger partial charge in [0.2, 0.25) is 0 Å². The maximum absolute atomic E-state index is 9.74. The summed E-state index contributed by atoms with van der Waals surface area (Å²) in [5, 5.41) is 9.74. The van der Waals surface area contributed by atoms with Crippen LogP contribution in [0.3, 0.4) is 0 Å². The van der Waals surface area contributed by atoms with E-state index in [1.807, 2.05) is 0 Å². The zero-order valence-electron chi connectivity index (χ0n) is 9.54. The van der Waals surface area contributed by atoms with Crippen molar-refractivity contribution >= 4 is 0 Å². The van der Waals surface area contributed by atoms with E-state index in [0.717, 1.165) is 38.2 Å². The van der Waals surface area contributed by atoms with Crippen LogP contribution < -0.4 is 0 Å². The molecule has 0 bridgehead atoms. The van der Waals surface area contributed by atoms with Crippen molar-refractivity contribution in [3.63, 3.8) is 0 Å². The van der Waals surface area contributed by atoms with Crippen LogP contribution in [-0.4, -0.2) is 23.9 Å². The van der Waals surface area contributed by atoms with Gasteiger partial charge in [0.15, 0.2) is 0 Å². The lowest BCUT2D eigenvalue weighted by Gasteiger charge is -2.15. The molecule has 0 amide bonds. The van der Waals surface area contributed by atoms with E-state index in [1.165, 1.54) is 12.8 Å². The summed E-state index contributed by atoms with van der Waals surface area (Å²) < 4.78 is 5.49. The van der Waals surface area contributed by atoms with Gasteiger partial charge in [0.05, 0.1) is 12.2 Å². The molecule has 2 unspecified atom stereocenters. The highest BCUT2D eigenvalue weighted by molar-refractivity contribution is 4.69. The first-order valence-corrected chi connectivity index (χ1v) is 5.98. The van der Waals surface area contributed by atoms with Gasteiger partial charge in [-0.1, -0.05) is 26.7 Å². The average Bonchev–Trinajstić information content (AvgIpc) is 2.56. The second-order valence-electron chi connectivity index (χ2n) is 4.85. The highest BCUT2D eigenvalue weighted by Crippen LogP contribution is 2.19. The maximum Gasteiger partial charge on any atom is 0.0600 e. The molecule has 0 aromatic carbocycles. The molecule has 0 radical (unpaired) electrons. The van der Waals surface area contributed by atoms with Crippen LogP contribution in [0.4, 0.5) is 0 Å². The van der Waals surface area contributed by atoms with Crippen LogP contribution >= 0.6 is 0 Å². The van der Waals surface area contributed by atoms with E-state index in [4.69, 9.17) is 4.74 Å². The summed E-state index contributed by atoms with van der Waals surface area (Å²) in [6.45, 7) is 5.35. The number of aliphatic hydroxyl groups is 1. The molecule has 0 aliphatic carbocycles. The standard InChI is InChI=1S/C12H24O2/c1-10(2)5-3-6-11(13)9-12-7-4-8-14-12/h10-13H,3-9H2,1-2H3. The van der Waals surface area contributed by atoms with E-state index in [2.05, 4.69) is 13.8 Å². The Kier molecular flexibility index (Phi) is 5.49. The van der Waals surface area contributed by atoms with Gasteiger partial charge < -0.3 is 9.84 Å². The molecule has 1 aliphatic heterocycles. The second-order valence-corrected chi connectivity index (χ2v) is 4.85. The number of hydrogen-bond acceptors (Lipinski definition) is 2. The molecule has 0 aromatic rings. The van der Waals surface area contributed by atoms with Crippen LogP contribution in [0, 0.1) is 5.92 Å². The third-order valence-corrected chi connectivity index (χ3v) is 2.88. The smallest absolute Gasteiger partial charge is 0.0600 e. The van der Waals surface area contributed by atoms with Gasteiger partial charge in [-0.2, -0.15) is 0 Å². The van der Waals surface area contributed by atoms with Crippen molar-refractivity contribution in [2.24, 2.45) is 5.92 Å². The van der Waals surface area contributed by atoms with Crippen molar-refractivity contribution in [2.75, 3.05) is 6.61 Å². The zero-order valence-corrected chi connectivity index (χ0v) is 9.54. The average molecular weight is 200 g/mol. The predicted molar refractivity (Wildman–Crippen MR) is 58.3 cm³/mol. The predicted octanol–water partition coefficient (Wildman–Crippen LogP) is 2.74. The first-order chi connectivity index (χ1) is 6.68. The Morgan fingerprint density at radius 3 is 2.71 bits per heavy atom. The van der Waals surface area contributed by atoms with Crippen LogP contribution in [0.2, 0.25) is 0 Å². The maximum atomic E-state index is 9.74. The van der Waals surface area contributed by atoms with Crippen LogP contribution in [0.15, 0.2) is 0 Å². The molecule has 2 nitrogen and oxygen atoms in total. The largest absolute Gasteiger partial charge is 0.393 e. The van der Waals surface area contributed by atoms with Gasteiger partial charge in [-0.25, -0.2) is 0 Å². The minimum absolute atomic E-state index is 0.142. The van der Waals surface area contributed by atoms with Crippen molar-refractivity contribution in [1.82, 2.24) is 0 Å². The van der Waals surface area contributed by atoms with Crippen molar-refractivity contribution < 1.29 is 9.84 Å². The van der Waals surface area contributed by atoms with E-state index in [9.17, 15) is 5.11 Å². The number of rotatable bonds is 6. The lowest BCUT2D eigenvalue weighted by atomic mass is 10.0. The normalized spacial score (nSPS) is 24.4. The summed E-state index contributed by atoms with van der Waals surface area (Å²) in [5.74, 6) is 0.755. The number of aliphatic hydroxyl groups excluding tert-OH is 1. The van der Waals surface area contributed by atoms with Crippen LogP contribution in [0.5, 0.6) is 0 Å². The SMILES string of the molecule is CC(C)CCCC(O)CC1CCCO1. The molecular weight excluding hydrogens is 176 g/mol. The third kappa shape index (κ3) is 4.97. The first-order valence-electron chi connectivity index (χ1n) is 5.98. The van der Waals surface area contributed by atoms with Crippen molar-refractivity contribution in [3.8, 4) is 0 Å². The molecule has 1 fully saturated rings. The Morgan fingerprint density at radius 1 is 1.36 bits per heavy atom. The van der Waals surface area contributed by atoms with Crippen molar-refractivity contribution in [1.29, 1.82) is 0 Å². The van der Waals surface area contributed by atoms with Crippen molar-refractivity contribution in [3.05, 3.63) is 0 Å². The van der Waals surface area contributed by atoms with E-state index >= 15 is 0 Å². The third-order valence-electron chi connectivity index (χ3n) is 2.88. The molecule has 1 N–H and O–H groups in total. The number of hydrogen-bond donors (Lipinski definition) is 1. The van der Waals surface area contributed by atoms with Gasteiger partial charge in [0, 0.05) is 6.61 Å². The summed E-state index contributed by atoms with van der Waals surface area (Å²) in [4.78, 5) is 0. The quantitative estimate of drug-likeness (QED) is 0.714. The summed E-state index contributed by atoms with van der Waals surface area (Å²) in [7, 11) is 0. The molecule has 1 heterocycles. The Bertz CT molecular complexity index is 139. The fourth-order valence-corrected chi connectivity index (χ4v) is 2.01. The van der Waals surface area contributed by atoms with Gasteiger partial charge in [0.1, 0.15) is 0 Å². The lowest BCUT2D eigenvalue weighted by molar-refractivity contribution is 0.0493. The first kappa shape index (κ1) is 12.0. The van der Waals surface area contributed by atoms with Gasteiger partial charge in [-0.15, -0.1) is 0 Å². The molecule has 84 valence electrons. The number of ether oxygens (including phenoxy) is 1. The summed E-state index contributed by atoms with van der Waals surface area (Å²) in [6.07, 6.45) is 6.66. The zero-order chi connectivity index (χ0) is 10.4. The molecule has 2 atom stereocenters. The Morgan fingerprint density at radius 2 is 2.14 bits per heavy atom. The Labute approximate surface area is 87.7 Å². The second kappa shape index (κ2) is 6.41. The Balaban J connectivity index is 2.00. The van der Waals surface area contributed by atoms with E-state index < -0.39 is 0 Å². The monoisotopic (exact) mass is 200 g/mol. The topological polar surface area (TPSA) is 29.5 Å². The molecular formula is C12H24O2. The highest BCUT2D eigenvalue weighted by Gasteiger charge is 2.18. The summed E-state index contributed by atoms with van der Waals surface area (Å²) in [5.41, 5.74) is 0. The molecule has 1 rings (SSSR count). The minimum atomic E-state index is -0.142. The van der Waals surface area contributed by atoms with E-state index in [0.29, 0.717) is 6.10 Å².